The fraction of sp³-hybridized carbons (Fsp3) is 0.545. The number of carbonyl (C=O) groups excluding carboxylic acids is 2. The summed E-state index contributed by atoms with van der Waals surface area (Å²) in [6.07, 6.45) is 1.11. The molecule has 20 heavy (non-hydrogen) atoms. The van der Waals surface area contributed by atoms with Crippen LogP contribution in [0.2, 0.25) is 0 Å². The molecule has 2 amide bonds. The van der Waals surface area contributed by atoms with Crippen LogP contribution in [0.3, 0.4) is 0 Å². The molecule has 0 bridgehead atoms. The Morgan fingerprint density at radius 1 is 1.45 bits per heavy atom. The molecule has 0 saturated carbocycles. The molecule has 0 aliphatic carbocycles. The Morgan fingerprint density at radius 2 is 2.10 bits per heavy atom. The molecule has 0 unspecified atom stereocenters. The Bertz CT molecular complexity index is 595. The van der Waals surface area contributed by atoms with Crippen molar-refractivity contribution in [1.82, 2.24) is 10.3 Å². The lowest BCUT2D eigenvalue weighted by molar-refractivity contribution is -0.125. The number of sulfone groups is 1. The molecule has 1 rings (SSSR count). The average molecular weight is 319 g/mol. The molecule has 1 atom stereocenters. The molecule has 1 aromatic rings. The fourth-order valence-corrected chi connectivity index (χ4v) is 2.80. The molecule has 0 radical (unpaired) electrons. The maximum atomic E-state index is 12.0. The van der Waals surface area contributed by atoms with Crippen molar-refractivity contribution in [2.45, 2.75) is 26.3 Å². The van der Waals surface area contributed by atoms with Gasteiger partial charge in [0, 0.05) is 18.6 Å². The Labute approximate surface area is 121 Å². The third kappa shape index (κ3) is 6.11. The molecule has 1 heterocycles. The molecule has 0 fully saturated rings. The molecular formula is C11H17N3O4S2. The van der Waals surface area contributed by atoms with Crippen molar-refractivity contribution >= 4 is 38.1 Å². The summed E-state index contributed by atoms with van der Waals surface area (Å²) in [7, 11) is -3.20. The number of thiazole rings is 1. The largest absolute Gasteiger partial charge is 0.345 e. The molecule has 0 aliphatic rings. The number of nitrogens with zero attached hydrogens (tertiary/aromatic N) is 1. The number of rotatable bonds is 6. The van der Waals surface area contributed by atoms with Crippen LogP contribution in [0.4, 0.5) is 5.13 Å². The van der Waals surface area contributed by atoms with E-state index in [4.69, 9.17) is 0 Å². The highest BCUT2D eigenvalue weighted by Gasteiger charge is 2.22. The van der Waals surface area contributed by atoms with Crippen molar-refractivity contribution in [3.63, 3.8) is 0 Å². The lowest BCUT2D eigenvalue weighted by Crippen LogP contribution is -2.43. The first kappa shape index (κ1) is 16.6. The number of hydrogen-bond acceptors (Lipinski definition) is 6. The summed E-state index contributed by atoms with van der Waals surface area (Å²) in [5.74, 6) is -1.05. The summed E-state index contributed by atoms with van der Waals surface area (Å²) < 4.78 is 22.3. The van der Waals surface area contributed by atoms with Gasteiger partial charge in [-0.3, -0.25) is 9.59 Å². The first-order valence-electron chi connectivity index (χ1n) is 5.85. The minimum absolute atomic E-state index is 0.0224. The highest BCUT2D eigenvalue weighted by Crippen LogP contribution is 2.15. The van der Waals surface area contributed by atoms with Crippen molar-refractivity contribution < 1.29 is 18.0 Å². The highest BCUT2D eigenvalue weighted by atomic mass is 32.2. The molecule has 0 saturated heterocycles. The second kappa shape index (κ2) is 6.80. The van der Waals surface area contributed by atoms with E-state index >= 15 is 0 Å². The number of amides is 2. The van der Waals surface area contributed by atoms with Crippen LogP contribution in [0.15, 0.2) is 5.38 Å². The number of anilines is 1. The van der Waals surface area contributed by atoms with Gasteiger partial charge < -0.3 is 10.6 Å². The second-order valence-electron chi connectivity index (χ2n) is 4.45. The number of nitrogens with one attached hydrogen (secondary N) is 2. The summed E-state index contributed by atoms with van der Waals surface area (Å²) in [6.45, 7) is 3.06. The highest BCUT2D eigenvalue weighted by molar-refractivity contribution is 7.90. The molecule has 1 aromatic heterocycles. The molecule has 0 spiro atoms. The summed E-state index contributed by atoms with van der Waals surface area (Å²) in [5, 5.41) is 7.20. The lowest BCUT2D eigenvalue weighted by Gasteiger charge is -2.16. The third-order valence-corrected chi connectivity index (χ3v) is 4.17. The molecule has 112 valence electrons. The van der Waals surface area contributed by atoms with Gasteiger partial charge >= 0.3 is 0 Å². The molecule has 9 heteroatoms. The maximum Gasteiger partial charge on any atom is 0.248 e. The quantitative estimate of drug-likeness (QED) is 0.786. The molecular weight excluding hydrogens is 302 g/mol. The zero-order valence-electron chi connectivity index (χ0n) is 11.5. The summed E-state index contributed by atoms with van der Waals surface area (Å²) in [4.78, 5) is 27.2. The molecule has 2 N–H and O–H groups in total. The summed E-state index contributed by atoms with van der Waals surface area (Å²) in [6, 6.07) is -0.897. The summed E-state index contributed by atoms with van der Waals surface area (Å²) >= 11 is 1.26. The zero-order chi connectivity index (χ0) is 15.3. The minimum atomic E-state index is -3.20. The van der Waals surface area contributed by atoms with E-state index in [1.165, 1.54) is 18.3 Å². The van der Waals surface area contributed by atoms with E-state index in [0.717, 1.165) is 11.9 Å². The van der Waals surface area contributed by atoms with Crippen LogP contribution in [0.1, 0.15) is 19.0 Å². The Hall–Kier alpha value is -1.48. The first-order valence-corrected chi connectivity index (χ1v) is 8.79. The van der Waals surface area contributed by atoms with Crippen LogP contribution in [0, 0.1) is 6.92 Å². The van der Waals surface area contributed by atoms with Gasteiger partial charge in [0.1, 0.15) is 15.9 Å². The fourth-order valence-electron chi connectivity index (χ4n) is 1.45. The van der Waals surface area contributed by atoms with Crippen LogP contribution in [-0.2, 0) is 19.4 Å². The zero-order valence-corrected chi connectivity index (χ0v) is 13.1. The van der Waals surface area contributed by atoms with Gasteiger partial charge in [-0.05, 0) is 13.3 Å². The van der Waals surface area contributed by atoms with E-state index in [2.05, 4.69) is 15.6 Å². The van der Waals surface area contributed by atoms with Gasteiger partial charge in [0.15, 0.2) is 5.13 Å². The predicted molar refractivity (Wildman–Crippen MR) is 77.4 cm³/mol. The van der Waals surface area contributed by atoms with Gasteiger partial charge in [0.05, 0.1) is 11.4 Å². The van der Waals surface area contributed by atoms with Crippen molar-refractivity contribution in [1.29, 1.82) is 0 Å². The van der Waals surface area contributed by atoms with Crippen LogP contribution >= 0.6 is 11.3 Å². The van der Waals surface area contributed by atoms with Crippen molar-refractivity contribution in [2.24, 2.45) is 0 Å². The van der Waals surface area contributed by atoms with E-state index in [1.54, 1.807) is 12.3 Å². The van der Waals surface area contributed by atoms with Crippen LogP contribution in [-0.4, -0.2) is 43.3 Å². The number of aromatic nitrogens is 1. The topological polar surface area (TPSA) is 105 Å². The third-order valence-electron chi connectivity index (χ3n) is 2.32. The van der Waals surface area contributed by atoms with Crippen molar-refractivity contribution in [3.8, 4) is 0 Å². The first-order chi connectivity index (χ1) is 9.17. The second-order valence-corrected chi connectivity index (χ2v) is 7.57. The van der Waals surface area contributed by atoms with Gasteiger partial charge in [-0.25, -0.2) is 13.4 Å². The Kier molecular flexibility index (Phi) is 5.63. The van der Waals surface area contributed by atoms with Crippen LogP contribution in [0.25, 0.3) is 0 Å². The predicted octanol–water partition coefficient (Wildman–Crippen LogP) is 0.329. The van der Waals surface area contributed by atoms with E-state index in [0.29, 0.717) is 5.13 Å². The van der Waals surface area contributed by atoms with Gasteiger partial charge in [0.25, 0.3) is 0 Å². The Balaban J connectivity index is 2.71. The van der Waals surface area contributed by atoms with Gasteiger partial charge in [0.2, 0.25) is 11.8 Å². The van der Waals surface area contributed by atoms with Gasteiger partial charge in [-0.1, -0.05) is 0 Å². The van der Waals surface area contributed by atoms with E-state index in [9.17, 15) is 18.0 Å². The van der Waals surface area contributed by atoms with Crippen LogP contribution < -0.4 is 10.6 Å². The van der Waals surface area contributed by atoms with Crippen LogP contribution in [0.5, 0.6) is 0 Å². The minimum Gasteiger partial charge on any atom is -0.345 e. The van der Waals surface area contributed by atoms with E-state index in [1.807, 2.05) is 0 Å². The molecule has 0 aliphatic heterocycles. The van der Waals surface area contributed by atoms with Gasteiger partial charge in [-0.15, -0.1) is 11.3 Å². The van der Waals surface area contributed by atoms with Gasteiger partial charge in [-0.2, -0.15) is 0 Å². The number of hydrogen-bond donors (Lipinski definition) is 2. The van der Waals surface area contributed by atoms with E-state index in [-0.39, 0.29) is 12.2 Å². The number of carbonyl (C=O) groups is 2. The lowest BCUT2D eigenvalue weighted by atomic mass is 10.2. The standard InChI is InChI=1S/C11H17N3O4S2/c1-7-6-19-11(12-7)14-10(16)9(13-8(2)15)4-5-20(3,17)18/h6,9H,4-5H2,1-3H3,(H,13,15)(H,12,14,16)/t9-/m1/s1. The Morgan fingerprint density at radius 3 is 2.55 bits per heavy atom. The number of aryl methyl sites for hydroxylation is 1. The van der Waals surface area contributed by atoms with Crippen molar-refractivity contribution in [2.75, 3.05) is 17.3 Å². The maximum absolute atomic E-state index is 12.0. The normalized spacial score (nSPS) is 12.8. The molecule has 0 aromatic carbocycles. The monoisotopic (exact) mass is 319 g/mol. The SMILES string of the molecule is CC(=O)N[C@H](CCS(C)(=O)=O)C(=O)Nc1nc(C)cs1. The van der Waals surface area contributed by atoms with E-state index < -0.39 is 27.7 Å². The smallest absolute Gasteiger partial charge is 0.248 e. The van der Waals surface area contributed by atoms with Crippen molar-refractivity contribution in [3.05, 3.63) is 11.1 Å². The average Bonchev–Trinajstić information content (AvgIpc) is 2.68. The summed E-state index contributed by atoms with van der Waals surface area (Å²) in [5.41, 5.74) is 0.775. The molecule has 7 nitrogen and oxygen atoms in total.